The molecule has 0 N–H and O–H groups in total. The smallest absolute Gasteiger partial charge is 0.261 e. The number of imide groups is 1. The summed E-state index contributed by atoms with van der Waals surface area (Å²) in [6.45, 7) is 3.56. The number of Topliss-reactive ketones (excluding diaryl/α,β-unsaturated/α-hetero) is 1. The minimum atomic E-state index is -0.218. The summed E-state index contributed by atoms with van der Waals surface area (Å²) in [5.41, 5.74) is 0.962. The maximum Gasteiger partial charge on any atom is 0.261 e. The van der Waals surface area contributed by atoms with E-state index >= 15 is 0 Å². The molecule has 6 heteroatoms. The summed E-state index contributed by atoms with van der Waals surface area (Å²) >= 11 is 0. The van der Waals surface area contributed by atoms with E-state index in [9.17, 15) is 19.2 Å². The minimum Gasteiger partial charge on any atom is -0.342 e. The van der Waals surface area contributed by atoms with Gasteiger partial charge in [-0.1, -0.05) is 31.9 Å². The van der Waals surface area contributed by atoms with Gasteiger partial charge in [-0.25, -0.2) is 0 Å². The van der Waals surface area contributed by atoms with Crippen molar-refractivity contribution >= 4 is 23.5 Å². The highest BCUT2D eigenvalue weighted by molar-refractivity contribution is 6.21. The van der Waals surface area contributed by atoms with Crippen LogP contribution in [0.15, 0.2) is 24.3 Å². The van der Waals surface area contributed by atoms with E-state index in [1.807, 2.05) is 0 Å². The number of piperidine rings is 1. The van der Waals surface area contributed by atoms with Gasteiger partial charge >= 0.3 is 0 Å². The largest absolute Gasteiger partial charge is 0.342 e. The summed E-state index contributed by atoms with van der Waals surface area (Å²) in [6.07, 6.45) is 4.81. The van der Waals surface area contributed by atoms with Crippen LogP contribution in [-0.2, 0) is 9.59 Å². The monoisotopic (exact) mass is 384 g/mol. The number of likely N-dealkylation sites (tertiary alicyclic amines) is 1. The fourth-order valence-electron chi connectivity index (χ4n) is 4.09. The molecule has 150 valence electrons. The van der Waals surface area contributed by atoms with Gasteiger partial charge in [-0.3, -0.25) is 24.1 Å². The molecule has 2 aliphatic heterocycles. The maximum atomic E-state index is 12.5. The Kier molecular flexibility index (Phi) is 6.60. The molecule has 0 spiro atoms. The molecule has 2 aliphatic rings. The summed E-state index contributed by atoms with van der Waals surface area (Å²) < 4.78 is 0. The first kappa shape index (κ1) is 20.2. The van der Waals surface area contributed by atoms with E-state index in [0.29, 0.717) is 62.4 Å². The van der Waals surface area contributed by atoms with E-state index in [0.717, 1.165) is 19.3 Å². The van der Waals surface area contributed by atoms with E-state index in [1.165, 1.54) is 4.90 Å². The molecule has 1 saturated heterocycles. The van der Waals surface area contributed by atoms with Crippen molar-refractivity contribution in [2.75, 3.05) is 19.6 Å². The SMILES string of the molecule is CCCC(CCC(=O)N1CCC(=O)CC1)CCN1C(=O)c2ccccc2C1=O. The molecule has 1 aromatic rings. The van der Waals surface area contributed by atoms with Gasteiger partial charge in [-0.2, -0.15) is 0 Å². The number of amides is 3. The average Bonchev–Trinajstić information content (AvgIpc) is 2.95. The van der Waals surface area contributed by atoms with E-state index < -0.39 is 0 Å². The second-order valence-corrected chi connectivity index (χ2v) is 7.71. The van der Waals surface area contributed by atoms with Crippen molar-refractivity contribution in [2.45, 2.75) is 51.9 Å². The predicted molar refractivity (Wildman–Crippen MR) is 105 cm³/mol. The zero-order valence-electron chi connectivity index (χ0n) is 16.5. The molecule has 28 heavy (non-hydrogen) atoms. The van der Waals surface area contributed by atoms with Gasteiger partial charge in [0.25, 0.3) is 11.8 Å². The highest BCUT2D eigenvalue weighted by Crippen LogP contribution is 2.25. The van der Waals surface area contributed by atoms with E-state index in [-0.39, 0.29) is 23.5 Å². The van der Waals surface area contributed by atoms with Crippen LogP contribution in [0, 0.1) is 5.92 Å². The molecule has 6 nitrogen and oxygen atoms in total. The Morgan fingerprint density at radius 1 is 0.964 bits per heavy atom. The lowest BCUT2D eigenvalue weighted by molar-refractivity contribution is -0.134. The number of rotatable bonds is 8. The van der Waals surface area contributed by atoms with Gasteiger partial charge < -0.3 is 4.90 Å². The zero-order chi connectivity index (χ0) is 20.1. The standard InChI is InChI=1S/C22H28N2O4/c1-2-5-16(8-9-20(26)23-13-11-17(25)12-14-23)10-15-24-21(27)18-6-3-4-7-19(18)22(24)28/h3-4,6-7,16H,2,5,8-15H2,1H3. The molecule has 0 aliphatic carbocycles. The zero-order valence-corrected chi connectivity index (χ0v) is 16.5. The van der Waals surface area contributed by atoms with Crippen LogP contribution in [0.1, 0.15) is 72.6 Å². The molecule has 0 aromatic heterocycles. The molecular formula is C22H28N2O4. The Labute approximate surface area is 165 Å². The molecule has 0 bridgehead atoms. The Bertz CT molecular complexity index is 729. The van der Waals surface area contributed by atoms with Crippen molar-refractivity contribution in [3.63, 3.8) is 0 Å². The first-order valence-electron chi connectivity index (χ1n) is 10.3. The van der Waals surface area contributed by atoms with Gasteiger partial charge in [-0.05, 0) is 30.9 Å². The minimum absolute atomic E-state index is 0.106. The molecular weight excluding hydrogens is 356 g/mol. The first-order valence-corrected chi connectivity index (χ1v) is 10.3. The highest BCUT2D eigenvalue weighted by atomic mass is 16.2. The Morgan fingerprint density at radius 2 is 1.57 bits per heavy atom. The molecule has 1 aromatic carbocycles. The van der Waals surface area contributed by atoms with Gasteiger partial charge in [0, 0.05) is 38.9 Å². The molecule has 1 unspecified atom stereocenters. The fourth-order valence-corrected chi connectivity index (χ4v) is 4.09. The van der Waals surface area contributed by atoms with Crippen LogP contribution in [0.4, 0.5) is 0 Å². The van der Waals surface area contributed by atoms with E-state index in [1.54, 1.807) is 29.2 Å². The van der Waals surface area contributed by atoms with E-state index in [4.69, 9.17) is 0 Å². The van der Waals surface area contributed by atoms with Crippen molar-refractivity contribution in [1.29, 1.82) is 0 Å². The Morgan fingerprint density at radius 3 is 2.14 bits per heavy atom. The summed E-state index contributed by atoms with van der Waals surface area (Å²) in [5, 5.41) is 0. The van der Waals surface area contributed by atoms with Gasteiger partial charge in [0.2, 0.25) is 5.91 Å². The fraction of sp³-hybridized carbons (Fsp3) is 0.545. The van der Waals surface area contributed by atoms with Crippen molar-refractivity contribution < 1.29 is 19.2 Å². The third kappa shape index (κ3) is 4.49. The van der Waals surface area contributed by atoms with Crippen LogP contribution in [0.5, 0.6) is 0 Å². The van der Waals surface area contributed by atoms with Crippen molar-refractivity contribution in [3.8, 4) is 0 Å². The predicted octanol–water partition coefficient (Wildman–Crippen LogP) is 3.06. The molecule has 2 heterocycles. The summed E-state index contributed by atoms with van der Waals surface area (Å²) in [7, 11) is 0. The number of carbonyl (C=O) groups is 4. The van der Waals surface area contributed by atoms with Crippen LogP contribution in [0.25, 0.3) is 0 Å². The molecule has 1 fully saturated rings. The number of carbonyl (C=O) groups excluding carboxylic acids is 4. The molecule has 3 rings (SSSR count). The second-order valence-electron chi connectivity index (χ2n) is 7.71. The van der Waals surface area contributed by atoms with E-state index in [2.05, 4.69) is 6.92 Å². The van der Waals surface area contributed by atoms with Gasteiger partial charge in [0.1, 0.15) is 5.78 Å². The first-order chi connectivity index (χ1) is 13.5. The van der Waals surface area contributed by atoms with Gasteiger partial charge in [0.15, 0.2) is 0 Å². The molecule has 1 atom stereocenters. The quantitative estimate of drug-likeness (QED) is 0.646. The molecule has 0 saturated carbocycles. The lowest BCUT2D eigenvalue weighted by Gasteiger charge is -2.27. The highest BCUT2D eigenvalue weighted by Gasteiger charge is 2.35. The normalized spacial score (nSPS) is 17.8. The molecule has 3 amide bonds. The third-order valence-corrected chi connectivity index (χ3v) is 5.78. The van der Waals surface area contributed by atoms with Crippen LogP contribution in [-0.4, -0.2) is 52.9 Å². The summed E-state index contributed by atoms with van der Waals surface area (Å²) in [5.74, 6) is 0.197. The third-order valence-electron chi connectivity index (χ3n) is 5.78. The van der Waals surface area contributed by atoms with Crippen molar-refractivity contribution in [3.05, 3.63) is 35.4 Å². The van der Waals surface area contributed by atoms with Crippen LogP contribution >= 0.6 is 0 Å². The lowest BCUT2D eigenvalue weighted by atomic mass is 9.93. The second kappa shape index (κ2) is 9.13. The topological polar surface area (TPSA) is 74.8 Å². The van der Waals surface area contributed by atoms with Gasteiger partial charge in [-0.15, -0.1) is 0 Å². The summed E-state index contributed by atoms with van der Waals surface area (Å²) in [4.78, 5) is 51.9. The van der Waals surface area contributed by atoms with Crippen molar-refractivity contribution in [2.24, 2.45) is 5.92 Å². The average molecular weight is 384 g/mol. The number of nitrogens with zero attached hydrogens (tertiary/aromatic N) is 2. The Balaban J connectivity index is 1.51. The number of hydrogen-bond acceptors (Lipinski definition) is 4. The molecule has 0 radical (unpaired) electrons. The number of benzene rings is 1. The van der Waals surface area contributed by atoms with Crippen LogP contribution in [0.3, 0.4) is 0 Å². The lowest BCUT2D eigenvalue weighted by Crippen LogP contribution is -2.38. The Hall–Kier alpha value is -2.50. The number of hydrogen-bond donors (Lipinski definition) is 0. The maximum absolute atomic E-state index is 12.5. The van der Waals surface area contributed by atoms with Gasteiger partial charge in [0.05, 0.1) is 11.1 Å². The number of fused-ring (bicyclic) bond motifs is 1. The number of ketones is 1. The van der Waals surface area contributed by atoms with Crippen molar-refractivity contribution in [1.82, 2.24) is 9.80 Å². The summed E-state index contributed by atoms with van der Waals surface area (Å²) in [6, 6.07) is 6.93. The van der Waals surface area contributed by atoms with Crippen LogP contribution < -0.4 is 0 Å². The van der Waals surface area contributed by atoms with Crippen LogP contribution in [0.2, 0.25) is 0 Å².